The molecule has 2 atom stereocenters. The van der Waals surface area contributed by atoms with E-state index < -0.39 is 0 Å². The van der Waals surface area contributed by atoms with E-state index in [2.05, 4.69) is 24.1 Å². The molecule has 2 heteroatoms. The first-order valence-corrected chi connectivity index (χ1v) is 6.71. The molecule has 1 N–H and O–H groups in total. The monoisotopic (exact) mass is 210 g/mol. The Hall–Kier alpha value is -0.0800. The molecule has 0 radical (unpaired) electrons. The minimum absolute atomic E-state index is 0.455. The minimum Gasteiger partial charge on any atom is -0.310 e. The third-order valence-corrected chi connectivity index (χ3v) is 4.28. The normalized spacial score (nSPS) is 38.4. The molecule has 2 aliphatic heterocycles. The quantitative estimate of drug-likeness (QED) is 0.768. The number of nitrogens with one attached hydrogen (secondary N) is 1. The van der Waals surface area contributed by atoms with Crippen LogP contribution in [0.3, 0.4) is 0 Å². The smallest absolute Gasteiger partial charge is 0.0306 e. The average molecular weight is 210 g/mol. The van der Waals surface area contributed by atoms with E-state index in [-0.39, 0.29) is 0 Å². The lowest BCUT2D eigenvalue weighted by molar-refractivity contribution is 0.134. The van der Waals surface area contributed by atoms with Gasteiger partial charge in [0.2, 0.25) is 0 Å². The maximum Gasteiger partial charge on any atom is 0.0306 e. The van der Waals surface area contributed by atoms with Crippen LogP contribution in [0.4, 0.5) is 0 Å². The summed E-state index contributed by atoms with van der Waals surface area (Å²) in [6.07, 6.45) is 6.88. The lowest BCUT2D eigenvalue weighted by atomic mass is 9.91. The second kappa shape index (κ2) is 4.84. The highest BCUT2D eigenvalue weighted by Crippen LogP contribution is 2.26. The lowest BCUT2D eigenvalue weighted by Gasteiger charge is -2.38. The molecular weight excluding hydrogens is 184 g/mol. The van der Waals surface area contributed by atoms with Crippen LogP contribution in [0.2, 0.25) is 0 Å². The second-order valence-corrected chi connectivity index (χ2v) is 5.65. The van der Waals surface area contributed by atoms with Gasteiger partial charge in [0, 0.05) is 18.6 Å². The first kappa shape index (κ1) is 11.4. The molecule has 0 aromatic heterocycles. The minimum atomic E-state index is 0.455. The van der Waals surface area contributed by atoms with Crippen molar-refractivity contribution >= 4 is 0 Å². The summed E-state index contributed by atoms with van der Waals surface area (Å²) in [4.78, 5) is 2.69. The summed E-state index contributed by atoms with van der Waals surface area (Å²) in [6, 6.07) is 0. The summed E-state index contributed by atoms with van der Waals surface area (Å²) in [5, 5.41) is 3.74. The largest absolute Gasteiger partial charge is 0.310 e. The van der Waals surface area contributed by atoms with Gasteiger partial charge in [0.1, 0.15) is 0 Å². The molecule has 2 fully saturated rings. The molecule has 2 saturated heterocycles. The third-order valence-electron chi connectivity index (χ3n) is 4.28. The molecule has 0 aliphatic carbocycles. The van der Waals surface area contributed by atoms with Crippen molar-refractivity contribution in [1.82, 2.24) is 10.2 Å². The molecule has 0 aromatic carbocycles. The summed E-state index contributed by atoms with van der Waals surface area (Å²) in [6.45, 7) is 9.90. The van der Waals surface area contributed by atoms with Crippen molar-refractivity contribution in [3.05, 3.63) is 0 Å². The van der Waals surface area contributed by atoms with Crippen LogP contribution in [0.25, 0.3) is 0 Å². The Morgan fingerprint density at radius 3 is 2.87 bits per heavy atom. The summed E-state index contributed by atoms with van der Waals surface area (Å²) < 4.78 is 0. The van der Waals surface area contributed by atoms with Crippen molar-refractivity contribution in [2.45, 2.75) is 51.5 Å². The summed E-state index contributed by atoms with van der Waals surface area (Å²) in [5.41, 5.74) is 0.455. The molecule has 2 nitrogen and oxygen atoms in total. The molecule has 0 spiro atoms. The topological polar surface area (TPSA) is 15.3 Å². The van der Waals surface area contributed by atoms with Gasteiger partial charge >= 0.3 is 0 Å². The zero-order valence-electron chi connectivity index (χ0n) is 10.4. The highest BCUT2D eigenvalue weighted by molar-refractivity contribution is 4.95. The third kappa shape index (κ3) is 2.73. The Morgan fingerprint density at radius 1 is 1.40 bits per heavy atom. The van der Waals surface area contributed by atoms with Gasteiger partial charge in [0.15, 0.2) is 0 Å². The van der Waals surface area contributed by atoms with Gasteiger partial charge in [-0.05, 0) is 51.1 Å². The molecule has 0 amide bonds. The van der Waals surface area contributed by atoms with Crippen LogP contribution in [0, 0.1) is 5.92 Å². The SMILES string of the molecule is CCC1(CN2CCCC(C)C2)CCCN1. The lowest BCUT2D eigenvalue weighted by Crippen LogP contribution is -2.51. The van der Waals surface area contributed by atoms with Crippen molar-refractivity contribution in [3.8, 4) is 0 Å². The molecule has 0 bridgehead atoms. The van der Waals surface area contributed by atoms with Gasteiger partial charge in [-0.3, -0.25) is 0 Å². The van der Waals surface area contributed by atoms with Gasteiger partial charge in [-0.2, -0.15) is 0 Å². The van der Waals surface area contributed by atoms with Crippen LogP contribution in [0.15, 0.2) is 0 Å². The number of nitrogens with zero attached hydrogens (tertiary/aromatic N) is 1. The Labute approximate surface area is 94.4 Å². The fraction of sp³-hybridized carbons (Fsp3) is 1.00. The van der Waals surface area contributed by atoms with Crippen LogP contribution in [0.1, 0.15) is 46.0 Å². The number of rotatable bonds is 3. The molecule has 0 aromatic rings. The van der Waals surface area contributed by atoms with Crippen molar-refractivity contribution in [3.63, 3.8) is 0 Å². The van der Waals surface area contributed by atoms with Gasteiger partial charge in [0.25, 0.3) is 0 Å². The molecule has 0 saturated carbocycles. The summed E-state index contributed by atoms with van der Waals surface area (Å²) in [5.74, 6) is 0.911. The van der Waals surface area contributed by atoms with Gasteiger partial charge in [0.05, 0.1) is 0 Å². The number of hydrogen-bond donors (Lipinski definition) is 1. The fourth-order valence-electron chi connectivity index (χ4n) is 3.28. The summed E-state index contributed by atoms with van der Waals surface area (Å²) >= 11 is 0. The standard InChI is InChI=1S/C13H26N2/c1-3-13(7-5-8-14-13)11-15-9-4-6-12(2)10-15/h12,14H,3-11H2,1-2H3. The van der Waals surface area contributed by atoms with Crippen molar-refractivity contribution in [2.24, 2.45) is 5.92 Å². The van der Waals surface area contributed by atoms with Gasteiger partial charge in [-0.1, -0.05) is 13.8 Å². The highest BCUT2D eigenvalue weighted by atomic mass is 15.2. The zero-order chi connectivity index (χ0) is 10.7. The van der Waals surface area contributed by atoms with E-state index in [0.29, 0.717) is 5.54 Å². The van der Waals surface area contributed by atoms with Crippen LogP contribution in [-0.2, 0) is 0 Å². The van der Waals surface area contributed by atoms with Crippen LogP contribution < -0.4 is 5.32 Å². The Kier molecular flexibility index (Phi) is 3.68. The average Bonchev–Trinajstić information content (AvgIpc) is 2.67. The van der Waals surface area contributed by atoms with Crippen molar-refractivity contribution < 1.29 is 0 Å². The molecule has 15 heavy (non-hydrogen) atoms. The molecule has 2 aliphatic rings. The van der Waals surface area contributed by atoms with E-state index in [1.807, 2.05) is 0 Å². The van der Waals surface area contributed by atoms with Crippen molar-refractivity contribution in [2.75, 3.05) is 26.2 Å². The zero-order valence-corrected chi connectivity index (χ0v) is 10.4. The van der Waals surface area contributed by atoms with E-state index >= 15 is 0 Å². The van der Waals surface area contributed by atoms with Crippen LogP contribution >= 0.6 is 0 Å². The van der Waals surface area contributed by atoms with Gasteiger partial charge in [-0.15, -0.1) is 0 Å². The Morgan fingerprint density at radius 2 is 2.27 bits per heavy atom. The van der Waals surface area contributed by atoms with E-state index in [0.717, 1.165) is 5.92 Å². The van der Waals surface area contributed by atoms with E-state index in [4.69, 9.17) is 0 Å². The molecule has 88 valence electrons. The molecule has 2 heterocycles. The maximum absolute atomic E-state index is 3.74. The molecule has 2 rings (SSSR count). The van der Waals surface area contributed by atoms with Gasteiger partial charge in [-0.25, -0.2) is 0 Å². The maximum atomic E-state index is 3.74. The number of hydrogen-bond acceptors (Lipinski definition) is 2. The van der Waals surface area contributed by atoms with Crippen molar-refractivity contribution in [1.29, 1.82) is 0 Å². The molecular formula is C13H26N2. The Balaban J connectivity index is 1.88. The first-order chi connectivity index (χ1) is 7.24. The highest BCUT2D eigenvalue weighted by Gasteiger charge is 2.34. The Bertz CT molecular complexity index is 197. The van der Waals surface area contributed by atoms with E-state index in [1.54, 1.807) is 0 Å². The first-order valence-electron chi connectivity index (χ1n) is 6.71. The van der Waals surface area contributed by atoms with Crippen LogP contribution in [-0.4, -0.2) is 36.6 Å². The van der Waals surface area contributed by atoms with E-state index in [9.17, 15) is 0 Å². The van der Waals surface area contributed by atoms with Gasteiger partial charge < -0.3 is 10.2 Å². The number of piperidine rings is 1. The van der Waals surface area contributed by atoms with Crippen LogP contribution in [0.5, 0.6) is 0 Å². The van der Waals surface area contributed by atoms with E-state index in [1.165, 1.54) is 58.3 Å². The second-order valence-electron chi connectivity index (χ2n) is 5.65. The predicted molar refractivity (Wildman–Crippen MR) is 65.1 cm³/mol. The summed E-state index contributed by atoms with van der Waals surface area (Å²) in [7, 11) is 0. The number of likely N-dealkylation sites (tertiary alicyclic amines) is 1. The fourth-order valence-corrected chi connectivity index (χ4v) is 3.28. The predicted octanol–water partition coefficient (Wildman–Crippen LogP) is 2.25. The molecule has 2 unspecified atom stereocenters.